The highest BCUT2D eigenvalue weighted by atomic mass is 16.6. The fourth-order valence-corrected chi connectivity index (χ4v) is 9.54. The lowest BCUT2D eigenvalue weighted by Crippen LogP contribution is -2.30. The first-order valence-corrected chi connectivity index (χ1v) is 33.7. The van der Waals surface area contributed by atoms with Crippen LogP contribution in [0.3, 0.4) is 0 Å². The van der Waals surface area contributed by atoms with Gasteiger partial charge in [-0.05, 0) is 103 Å². The van der Waals surface area contributed by atoms with E-state index in [1.54, 1.807) is 0 Å². The van der Waals surface area contributed by atoms with Gasteiger partial charge < -0.3 is 14.2 Å². The van der Waals surface area contributed by atoms with Crippen molar-refractivity contribution < 1.29 is 28.6 Å². The van der Waals surface area contributed by atoms with Crippen LogP contribution in [0.2, 0.25) is 0 Å². The highest BCUT2D eigenvalue weighted by molar-refractivity contribution is 5.71. The van der Waals surface area contributed by atoms with E-state index in [1.165, 1.54) is 180 Å². The molecule has 0 N–H and O–H groups in total. The van der Waals surface area contributed by atoms with Gasteiger partial charge in [0.15, 0.2) is 6.10 Å². The highest BCUT2D eigenvalue weighted by Gasteiger charge is 2.19. The van der Waals surface area contributed by atoms with Gasteiger partial charge in [0.1, 0.15) is 13.2 Å². The Morgan fingerprint density at radius 2 is 0.494 bits per heavy atom. The Balaban J connectivity index is 4.38. The van der Waals surface area contributed by atoms with E-state index in [2.05, 4.69) is 118 Å². The van der Waals surface area contributed by atoms with Crippen molar-refractivity contribution in [1.82, 2.24) is 0 Å². The summed E-state index contributed by atoms with van der Waals surface area (Å²) in [5.41, 5.74) is 0. The molecule has 6 nitrogen and oxygen atoms in total. The number of carbonyl (C=O) groups excluding carboxylic acids is 3. The molecule has 6 heteroatoms. The van der Waals surface area contributed by atoms with Crippen LogP contribution in [-0.2, 0) is 28.6 Å². The van der Waals surface area contributed by atoms with Crippen LogP contribution in [0.5, 0.6) is 0 Å². The molecule has 0 fully saturated rings. The lowest BCUT2D eigenvalue weighted by atomic mass is 10.0. The number of unbranched alkanes of at least 4 members (excludes halogenated alkanes) is 34. The van der Waals surface area contributed by atoms with Crippen molar-refractivity contribution in [1.29, 1.82) is 0 Å². The number of carbonyl (C=O) groups is 3. The summed E-state index contributed by atoms with van der Waals surface area (Å²) >= 11 is 0. The minimum atomic E-state index is -0.792. The van der Waals surface area contributed by atoms with Crippen LogP contribution < -0.4 is 0 Å². The molecular formula is C73H126O6. The van der Waals surface area contributed by atoms with Gasteiger partial charge in [0.2, 0.25) is 0 Å². The summed E-state index contributed by atoms with van der Waals surface area (Å²) in [5.74, 6) is -0.907. The molecule has 1 unspecified atom stereocenters. The summed E-state index contributed by atoms with van der Waals surface area (Å²) in [6.45, 7) is 6.53. The van der Waals surface area contributed by atoms with Crippen molar-refractivity contribution in [3.05, 3.63) is 97.2 Å². The molecule has 0 rings (SSSR count). The molecule has 0 aliphatic heterocycles. The van der Waals surface area contributed by atoms with Crippen molar-refractivity contribution in [2.45, 2.75) is 335 Å². The standard InChI is InChI=1S/C73H126O6/c1-4-7-10-13-16-19-22-25-27-29-31-33-35-36-38-39-41-43-45-48-51-54-57-60-63-66-72(75)78-69-70(68-77-71(74)65-62-59-56-53-50-47-24-21-18-15-12-9-6-3)79-73(76)67-64-61-58-55-52-49-46-44-42-40-37-34-32-30-28-26-23-20-17-14-11-8-5-2/h7,10,16,19,25,27,30-33,36,38,41,43,48,51,70H,4-6,8-9,11-15,17-18,20-24,26,28-29,34-35,37,39-40,42,44-47,49-50,52-69H2,1-3H3/b10-7-,19-16-,27-25-,32-30-,33-31-,38-36-,43-41-,51-48-. The summed E-state index contributed by atoms with van der Waals surface area (Å²) in [5, 5.41) is 0. The molecule has 0 aromatic carbocycles. The van der Waals surface area contributed by atoms with Gasteiger partial charge in [-0.3, -0.25) is 14.4 Å². The average molecular weight is 1100 g/mol. The molecule has 0 aliphatic rings. The van der Waals surface area contributed by atoms with Crippen LogP contribution in [0.1, 0.15) is 329 Å². The average Bonchev–Trinajstić information content (AvgIpc) is 3.45. The second-order valence-electron chi connectivity index (χ2n) is 22.4. The van der Waals surface area contributed by atoms with E-state index in [9.17, 15) is 14.4 Å². The van der Waals surface area contributed by atoms with Gasteiger partial charge in [0.05, 0.1) is 0 Å². The number of ether oxygens (including phenoxy) is 3. The van der Waals surface area contributed by atoms with E-state index in [0.29, 0.717) is 19.3 Å². The molecule has 0 heterocycles. The van der Waals surface area contributed by atoms with Gasteiger partial charge in [-0.15, -0.1) is 0 Å². The zero-order chi connectivity index (χ0) is 57.1. The van der Waals surface area contributed by atoms with Gasteiger partial charge in [-0.25, -0.2) is 0 Å². The van der Waals surface area contributed by atoms with Crippen LogP contribution in [0.4, 0.5) is 0 Å². The Bertz CT molecular complexity index is 1540. The number of allylic oxidation sites excluding steroid dienone is 16. The molecule has 0 bridgehead atoms. The SMILES string of the molecule is CC/C=C\C/C=C\C/C=C\C/C=C\C/C=C\C/C=C\C/C=C\CCCCCC(=O)OCC(COC(=O)CCCCCCCCCCCCCCC)OC(=O)CCCCCCCCCCCCC/C=C\CCCCCCCCCC. The van der Waals surface area contributed by atoms with Crippen molar-refractivity contribution in [3.63, 3.8) is 0 Å². The van der Waals surface area contributed by atoms with E-state index in [1.807, 2.05) is 0 Å². The van der Waals surface area contributed by atoms with Crippen molar-refractivity contribution in [2.24, 2.45) is 0 Å². The lowest BCUT2D eigenvalue weighted by molar-refractivity contribution is -0.167. The summed E-state index contributed by atoms with van der Waals surface area (Å²) in [6, 6.07) is 0. The predicted octanol–water partition coefficient (Wildman–Crippen LogP) is 23.2. The number of hydrogen-bond donors (Lipinski definition) is 0. The summed E-state index contributed by atoms with van der Waals surface area (Å²) in [7, 11) is 0. The normalized spacial score (nSPS) is 12.7. The molecule has 0 spiro atoms. The first-order valence-electron chi connectivity index (χ1n) is 33.7. The molecule has 0 saturated carbocycles. The molecule has 79 heavy (non-hydrogen) atoms. The van der Waals surface area contributed by atoms with Crippen molar-refractivity contribution in [3.8, 4) is 0 Å². The molecule has 0 radical (unpaired) electrons. The first-order chi connectivity index (χ1) is 39.0. The van der Waals surface area contributed by atoms with Gasteiger partial charge in [-0.1, -0.05) is 304 Å². The maximum absolute atomic E-state index is 12.9. The van der Waals surface area contributed by atoms with E-state index in [0.717, 1.165) is 109 Å². The Hall–Kier alpha value is -3.67. The van der Waals surface area contributed by atoms with E-state index in [-0.39, 0.29) is 31.1 Å². The van der Waals surface area contributed by atoms with Crippen LogP contribution in [0.25, 0.3) is 0 Å². The topological polar surface area (TPSA) is 78.9 Å². The third-order valence-corrected chi connectivity index (χ3v) is 14.6. The molecule has 1 atom stereocenters. The smallest absolute Gasteiger partial charge is 0.306 e. The minimum absolute atomic E-state index is 0.0857. The molecule has 454 valence electrons. The number of hydrogen-bond acceptors (Lipinski definition) is 6. The molecule has 0 aromatic heterocycles. The lowest BCUT2D eigenvalue weighted by Gasteiger charge is -2.18. The maximum atomic E-state index is 12.9. The van der Waals surface area contributed by atoms with Gasteiger partial charge in [0, 0.05) is 19.3 Å². The molecule has 0 aliphatic carbocycles. The fraction of sp³-hybridized carbons (Fsp3) is 0.740. The highest BCUT2D eigenvalue weighted by Crippen LogP contribution is 2.17. The third kappa shape index (κ3) is 65.0. The van der Waals surface area contributed by atoms with Crippen LogP contribution in [-0.4, -0.2) is 37.2 Å². The maximum Gasteiger partial charge on any atom is 0.306 e. The summed E-state index contributed by atoms with van der Waals surface area (Å²) < 4.78 is 16.9. The first kappa shape index (κ1) is 75.3. The summed E-state index contributed by atoms with van der Waals surface area (Å²) in [6.07, 6.45) is 89.9. The minimum Gasteiger partial charge on any atom is -0.462 e. The second-order valence-corrected chi connectivity index (χ2v) is 22.4. The fourth-order valence-electron chi connectivity index (χ4n) is 9.54. The van der Waals surface area contributed by atoms with Crippen LogP contribution in [0.15, 0.2) is 97.2 Å². The largest absolute Gasteiger partial charge is 0.462 e. The third-order valence-electron chi connectivity index (χ3n) is 14.6. The van der Waals surface area contributed by atoms with Crippen molar-refractivity contribution in [2.75, 3.05) is 13.2 Å². The van der Waals surface area contributed by atoms with Gasteiger partial charge >= 0.3 is 17.9 Å². The zero-order valence-electron chi connectivity index (χ0n) is 52.1. The monoisotopic (exact) mass is 1100 g/mol. The van der Waals surface area contributed by atoms with Crippen molar-refractivity contribution >= 4 is 17.9 Å². The Labute approximate surface area is 489 Å². The molecule has 0 amide bonds. The number of rotatable bonds is 61. The van der Waals surface area contributed by atoms with E-state index >= 15 is 0 Å². The predicted molar refractivity (Wildman–Crippen MR) is 344 cm³/mol. The molecular weight excluding hydrogens is 973 g/mol. The Kier molecular flexibility index (Phi) is 63.7. The Morgan fingerprint density at radius 3 is 0.797 bits per heavy atom. The number of esters is 3. The van der Waals surface area contributed by atoms with Gasteiger partial charge in [-0.2, -0.15) is 0 Å². The van der Waals surface area contributed by atoms with E-state index < -0.39 is 6.10 Å². The molecule has 0 aromatic rings. The molecule has 0 saturated heterocycles. The van der Waals surface area contributed by atoms with Crippen LogP contribution >= 0.6 is 0 Å². The van der Waals surface area contributed by atoms with Crippen LogP contribution in [0, 0.1) is 0 Å². The second kappa shape index (κ2) is 66.8. The summed E-state index contributed by atoms with van der Waals surface area (Å²) in [4.78, 5) is 38.4. The Morgan fingerprint density at radius 1 is 0.266 bits per heavy atom. The quantitative estimate of drug-likeness (QED) is 0.0261. The van der Waals surface area contributed by atoms with E-state index in [4.69, 9.17) is 14.2 Å². The van der Waals surface area contributed by atoms with Gasteiger partial charge in [0.25, 0.3) is 0 Å². The zero-order valence-corrected chi connectivity index (χ0v) is 52.1.